The van der Waals surface area contributed by atoms with E-state index in [0.29, 0.717) is 16.8 Å². The second kappa shape index (κ2) is 7.32. The Balaban J connectivity index is 0.000000861. The van der Waals surface area contributed by atoms with E-state index in [-0.39, 0.29) is 0 Å². The van der Waals surface area contributed by atoms with Gasteiger partial charge < -0.3 is 4.74 Å². The topological polar surface area (TPSA) is 22.1 Å². The minimum absolute atomic E-state index is 0.489. The number of methoxy groups -OCH3 is 1. The third-order valence-electron chi connectivity index (χ3n) is 2.22. The molecule has 0 radical (unpaired) electrons. The molecule has 1 aromatic heterocycles. The van der Waals surface area contributed by atoms with E-state index in [0.717, 1.165) is 5.39 Å². The number of alkyl halides is 2. The molecule has 0 fully saturated rings. The highest BCUT2D eigenvalue weighted by atomic mass is 19.3. The average molecular weight is 263 g/mol. The Bertz CT molecular complexity index is 600. The molecule has 0 bridgehead atoms. The van der Waals surface area contributed by atoms with Crippen LogP contribution in [0.4, 0.5) is 8.78 Å². The van der Waals surface area contributed by atoms with Crippen molar-refractivity contribution in [2.45, 2.75) is 20.3 Å². The molecule has 0 aliphatic carbocycles. The van der Waals surface area contributed by atoms with Crippen LogP contribution in [0.25, 0.3) is 10.9 Å². The molecule has 0 unspecified atom stereocenters. The van der Waals surface area contributed by atoms with Crippen LogP contribution in [0.15, 0.2) is 30.5 Å². The quantitative estimate of drug-likeness (QED) is 0.728. The Morgan fingerprint density at radius 2 is 2.00 bits per heavy atom. The molecule has 0 amide bonds. The normalized spacial score (nSPS) is 9.37. The van der Waals surface area contributed by atoms with Crippen LogP contribution in [0.2, 0.25) is 0 Å². The molecule has 4 heteroatoms. The molecule has 2 nitrogen and oxygen atoms in total. The van der Waals surface area contributed by atoms with Gasteiger partial charge in [-0.25, -0.2) is 0 Å². The minimum atomic E-state index is -2.63. The Morgan fingerprint density at radius 1 is 1.26 bits per heavy atom. The molecule has 0 aliphatic rings. The van der Waals surface area contributed by atoms with Gasteiger partial charge in [0.15, 0.2) is 0 Å². The highest BCUT2D eigenvalue weighted by Crippen LogP contribution is 2.24. The van der Waals surface area contributed by atoms with Gasteiger partial charge in [-0.2, -0.15) is 8.78 Å². The Labute approximate surface area is 111 Å². The van der Waals surface area contributed by atoms with Crippen LogP contribution < -0.4 is 4.74 Å². The van der Waals surface area contributed by atoms with Crippen molar-refractivity contribution in [1.29, 1.82) is 0 Å². The fraction of sp³-hybridized carbons (Fsp3) is 0.267. The van der Waals surface area contributed by atoms with Gasteiger partial charge in [0.2, 0.25) is 0 Å². The van der Waals surface area contributed by atoms with Crippen molar-refractivity contribution in [3.05, 3.63) is 36.0 Å². The molecule has 0 saturated heterocycles. The van der Waals surface area contributed by atoms with E-state index in [9.17, 15) is 8.78 Å². The lowest BCUT2D eigenvalue weighted by Crippen LogP contribution is -1.89. The molecule has 0 spiro atoms. The zero-order valence-electron chi connectivity index (χ0n) is 11.1. The minimum Gasteiger partial charge on any atom is -0.494 e. The van der Waals surface area contributed by atoms with Crippen LogP contribution >= 0.6 is 0 Å². The predicted molar refractivity (Wildman–Crippen MR) is 72.5 cm³/mol. The molecule has 2 aromatic rings. The molecule has 0 saturated carbocycles. The van der Waals surface area contributed by atoms with E-state index in [1.807, 2.05) is 25.8 Å². The summed E-state index contributed by atoms with van der Waals surface area (Å²) in [6.07, 6.45) is -0.986. The molecule has 1 heterocycles. The maximum atomic E-state index is 12.0. The summed E-state index contributed by atoms with van der Waals surface area (Å²) in [4.78, 5) is 4.17. The van der Waals surface area contributed by atoms with Gasteiger partial charge in [0, 0.05) is 17.1 Å². The molecule has 19 heavy (non-hydrogen) atoms. The predicted octanol–water partition coefficient (Wildman–Crippen LogP) is 3.89. The van der Waals surface area contributed by atoms with E-state index in [2.05, 4.69) is 10.9 Å². The number of halogens is 2. The average Bonchev–Trinajstić information content (AvgIpc) is 2.46. The van der Waals surface area contributed by atoms with Crippen molar-refractivity contribution in [3.63, 3.8) is 0 Å². The number of fused-ring (bicyclic) bond motifs is 1. The lowest BCUT2D eigenvalue weighted by molar-refractivity contribution is 0.215. The highest BCUT2D eigenvalue weighted by Gasteiger charge is 2.04. The van der Waals surface area contributed by atoms with Gasteiger partial charge in [0.05, 0.1) is 7.11 Å². The largest absolute Gasteiger partial charge is 0.494 e. The molecular formula is C15H15F2NO. The first-order chi connectivity index (χ1) is 9.20. The van der Waals surface area contributed by atoms with Crippen LogP contribution in [-0.4, -0.2) is 18.5 Å². The molecule has 1 aromatic carbocycles. The fourth-order valence-corrected chi connectivity index (χ4v) is 1.52. The van der Waals surface area contributed by atoms with E-state index in [1.54, 1.807) is 24.4 Å². The highest BCUT2D eigenvalue weighted by molar-refractivity contribution is 5.86. The van der Waals surface area contributed by atoms with Crippen molar-refractivity contribution in [2.24, 2.45) is 0 Å². The van der Waals surface area contributed by atoms with Crippen LogP contribution in [0.3, 0.4) is 0 Å². The Kier molecular flexibility index (Phi) is 5.74. The fourth-order valence-electron chi connectivity index (χ4n) is 1.52. The van der Waals surface area contributed by atoms with Gasteiger partial charge in [-0.1, -0.05) is 25.8 Å². The van der Waals surface area contributed by atoms with E-state index >= 15 is 0 Å². The van der Waals surface area contributed by atoms with E-state index < -0.39 is 6.43 Å². The first-order valence-corrected chi connectivity index (χ1v) is 5.93. The van der Waals surface area contributed by atoms with Gasteiger partial charge in [-0.15, -0.1) is 0 Å². The molecule has 2 rings (SSSR count). The summed E-state index contributed by atoms with van der Waals surface area (Å²) in [5.74, 6) is 4.75. The summed E-state index contributed by atoms with van der Waals surface area (Å²) in [5, 5.41) is 0.811. The monoisotopic (exact) mass is 263 g/mol. The maximum Gasteiger partial charge on any atom is 0.299 e. The van der Waals surface area contributed by atoms with Gasteiger partial charge in [0.1, 0.15) is 11.3 Å². The number of nitrogens with zero attached hydrogens (tertiary/aromatic N) is 1. The zero-order valence-corrected chi connectivity index (χ0v) is 11.1. The number of ether oxygens (including phenoxy) is 1. The van der Waals surface area contributed by atoms with Crippen LogP contribution in [-0.2, 0) is 0 Å². The summed E-state index contributed by atoms with van der Waals surface area (Å²) >= 11 is 0. The van der Waals surface area contributed by atoms with Crippen LogP contribution in [0.5, 0.6) is 5.75 Å². The van der Waals surface area contributed by atoms with Gasteiger partial charge in [-0.05, 0) is 24.1 Å². The number of aromatic nitrogens is 1. The molecule has 0 N–H and O–H groups in total. The first kappa shape index (κ1) is 14.9. The SMILES string of the molecule is CC.COc1cc(C#CC(F)F)cc2cccnc12. The van der Waals surface area contributed by atoms with E-state index in [1.165, 1.54) is 7.11 Å². The molecule has 0 atom stereocenters. The van der Waals surface area contributed by atoms with Gasteiger partial charge in [0.25, 0.3) is 6.43 Å². The molecule has 0 aliphatic heterocycles. The summed E-state index contributed by atoms with van der Waals surface area (Å²) in [7, 11) is 1.51. The number of hydrogen-bond donors (Lipinski definition) is 0. The Hall–Kier alpha value is -2.15. The number of benzene rings is 1. The lowest BCUT2D eigenvalue weighted by Gasteiger charge is -2.04. The summed E-state index contributed by atoms with van der Waals surface area (Å²) in [6, 6.07) is 6.91. The Morgan fingerprint density at radius 3 is 2.63 bits per heavy atom. The molecular weight excluding hydrogens is 248 g/mol. The van der Waals surface area contributed by atoms with Crippen molar-refractivity contribution >= 4 is 10.9 Å². The van der Waals surface area contributed by atoms with Crippen molar-refractivity contribution in [2.75, 3.05) is 7.11 Å². The first-order valence-electron chi connectivity index (χ1n) is 5.93. The third kappa shape index (κ3) is 3.92. The van der Waals surface area contributed by atoms with E-state index in [4.69, 9.17) is 4.74 Å². The van der Waals surface area contributed by atoms with Crippen LogP contribution in [0.1, 0.15) is 19.4 Å². The second-order valence-corrected chi connectivity index (χ2v) is 3.32. The third-order valence-corrected chi connectivity index (χ3v) is 2.22. The van der Waals surface area contributed by atoms with Gasteiger partial charge >= 0.3 is 0 Å². The van der Waals surface area contributed by atoms with Crippen molar-refractivity contribution in [3.8, 4) is 17.6 Å². The number of hydrogen-bond acceptors (Lipinski definition) is 2. The maximum absolute atomic E-state index is 12.0. The number of pyridine rings is 1. The van der Waals surface area contributed by atoms with Crippen molar-refractivity contribution in [1.82, 2.24) is 4.98 Å². The second-order valence-electron chi connectivity index (χ2n) is 3.32. The summed E-state index contributed by atoms with van der Waals surface area (Å²) in [6.45, 7) is 4.00. The smallest absolute Gasteiger partial charge is 0.299 e. The number of rotatable bonds is 1. The molecule has 100 valence electrons. The summed E-state index contributed by atoms with van der Waals surface area (Å²) < 4.78 is 29.2. The zero-order chi connectivity index (χ0) is 14.3. The van der Waals surface area contributed by atoms with Crippen LogP contribution in [0, 0.1) is 11.8 Å². The standard InChI is InChI=1S/C13H9F2NO.C2H6/c1-17-11-8-9(4-5-12(14)15)7-10-3-2-6-16-13(10)11;1-2/h2-3,6-8,12H,1H3;1-2H3. The van der Waals surface area contributed by atoms with Crippen molar-refractivity contribution < 1.29 is 13.5 Å². The van der Waals surface area contributed by atoms with Gasteiger partial charge in [-0.3, -0.25) is 4.98 Å². The summed E-state index contributed by atoms with van der Waals surface area (Å²) in [5.41, 5.74) is 1.18. The lowest BCUT2D eigenvalue weighted by atomic mass is 10.1.